The minimum atomic E-state index is -0.480. The molecule has 1 amide bonds. The van der Waals surface area contributed by atoms with Crippen LogP contribution in [0.5, 0.6) is 0 Å². The molecule has 1 fully saturated rings. The molecule has 1 aromatic rings. The van der Waals surface area contributed by atoms with Crippen molar-refractivity contribution in [2.75, 3.05) is 13.1 Å². The molecular weight excluding hydrogens is 363 g/mol. The van der Waals surface area contributed by atoms with Gasteiger partial charge in [-0.1, -0.05) is 6.07 Å². The van der Waals surface area contributed by atoms with E-state index in [9.17, 15) is 9.18 Å². The van der Waals surface area contributed by atoms with Gasteiger partial charge in [0, 0.05) is 25.7 Å². The van der Waals surface area contributed by atoms with Crippen LogP contribution in [0.2, 0.25) is 0 Å². The molecule has 1 aromatic carbocycles. The lowest BCUT2D eigenvalue weighted by Gasteiger charge is -2.27. The molecule has 0 spiro atoms. The summed E-state index contributed by atoms with van der Waals surface area (Å²) in [5.74, 6) is -0.266. The summed E-state index contributed by atoms with van der Waals surface area (Å²) in [5.41, 5.74) is 0.396. The molecule has 0 aliphatic heterocycles. The van der Waals surface area contributed by atoms with Crippen molar-refractivity contribution >= 4 is 22.0 Å². The summed E-state index contributed by atoms with van der Waals surface area (Å²) in [5, 5.41) is 3.25. The van der Waals surface area contributed by atoms with Crippen LogP contribution in [-0.2, 0) is 11.3 Å². The topological polar surface area (TPSA) is 41.6 Å². The van der Waals surface area contributed by atoms with E-state index >= 15 is 0 Å². The fourth-order valence-electron chi connectivity index (χ4n) is 2.21. The zero-order valence-corrected chi connectivity index (χ0v) is 15.5. The highest BCUT2D eigenvalue weighted by Gasteiger charge is 2.34. The first-order valence-electron chi connectivity index (χ1n) is 7.90. The number of ether oxygens (including phenoxy) is 1. The Morgan fingerprint density at radius 2 is 2.13 bits per heavy atom. The Morgan fingerprint density at radius 1 is 1.43 bits per heavy atom. The predicted molar refractivity (Wildman–Crippen MR) is 91.8 cm³/mol. The normalized spacial score (nSPS) is 14.7. The highest BCUT2D eigenvalue weighted by molar-refractivity contribution is 9.10. The average Bonchev–Trinajstić information content (AvgIpc) is 3.25. The van der Waals surface area contributed by atoms with Crippen LogP contribution < -0.4 is 5.32 Å². The van der Waals surface area contributed by atoms with Crippen LogP contribution in [0.1, 0.15) is 39.2 Å². The zero-order valence-electron chi connectivity index (χ0n) is 13.9. The number of nitrogens with zero attached hydrogens (tertiary/aromatic N) is 1. The lowest BCUT2D eigenvalue weighted by atomic mass is 10.2. The van der Waals surface area contributed by atoms with Crippen LogP contribution in [0, 0.1) is 5.82 Å². The van der Waals surface area contributed by atoms with Crippen molar-refractivity contribution < 1.29 is 13.9 Å². The summed E-state index contributed by atoms with van der Waals surface area (Å²) in [6, 6.07) is 5.37. The second kappa shape index (κ2) is 7.62. The number of nitrogens with one attached hydrogen (secondary N) is 1. The van der Waals surface area contributed by atoms with Crippen LogP contribution in [-0.4, -0.2) is 35.7 Å². The largest absolute Gasteiger partial charge is 0.444 e. The van der Waals surface area contributed by atoms with Crippen LogP contribution in [0.3, 0.4) is 0 Å². The molecule has 6 heteroatoms. The van der Waals surface area contributed by atoms with Crippen molar-refractivity contribution in [1.29, 1.82) is 0 Å². The van der Waals surface area contributed by atoms with Gasteiger partial charge in [0.25, 0.3) is 0 Å². The summed E-state index contributed by atoms with van der Waals surface area (Å²) >= 11 is 3.14. The summed E-state index contributed by atoms with van der Waals surface area (Å²) in [4.78, 5) is 14.0. The molecule has 0 bridgehead atoms. The van der Waals surface area contributed by atoms with E-state index in [4.69, 9.17) is 4.74 Å². The van der Waals surface area contributed by atoms with Gasteiger partial charge in [-0.15, -0.1) is 0 Å². The van der Waals surface area contributed by atoms with E-state index in [1.807, 2.05) is 26.8 Å². The molecule has 0 heterocycles. The molecule has 0 saturated heterocycles. The van der Waals surface area contributed by atoms with E-state index < -0.39 is 5.60 Å². The standard InChI is InChI=1S/C17H24BrFN2O2/c1-17(2,3)23-16(22)21(13-5-6-13)9-8-20-11-12-4-7-14(18)15(19)10-12/h4,7,10,13,20H,5-6,8-9,11H2,1-3H3. The van der Waals surface area contributed by atoms with Gasteiger partial charge in [0.05, 0.1) is 4.47 Å². The van der Waals surface area contributed by atoms with Crippen molar-refractivity contribution in [3.8, 4) is 0 Å². The maximum atomic E-state index is 13.5. The quantitative estimate of drug-likeness (QED) is 0.748. The first-order valence-corrected chi connectivity index (χ1v) is 8.70. The maximum Gasteiger partial charge on any atom is 0.410 e. The molecule has 128 valence electrons. The number of hydrogen-bond acceptors (Lipinski definition) is 3. The van der Waals surface area contributed by atoms with Crippen LogP contribution >= 0.6 is 15.9 Å². The highest BCUT2D eigenvalue weighted by Crippen LogP contribution is 2.28. The molecule has 0 aromatic heterocycles. The predicted octanol–water partition coefficient (Wildman–Crippen LogP) is 4.08. The average molecular weight is 387 g/mol. The number of benzene rings is 1. The molecule has 0 unspecified atom stereocenters. The first kappa shape index (κ1) is 18.2. The van der Waals surface area contributed by atoms with E-state index in [2.05, 4.69) is 21.2 Å². The first-order chi connectivity index (χ1) is 10.8. The third-order valence-electron chi connectivity index (χ3n) is 3.46. The number of carbonyl (C=O) groups is 1. The van der Waals surface area contributed by atoms with Crippen molar-refractivity contribution in [1.82, 2.24) is 10.2 Å². The van der Waals surface area contributed by atoms with E-state index in [0.717, 1.165) is 18.4 Å². The Balaban J connectivity index is 1.78. The van der Waals surface area contributed by atoms with Gasteiger partial charge in [0.2, 0.25) is 0 Å². The number of hydrogen-bond donors (Lipinski definition) is 1. The van der Waals surface area contributed by atoms with Gasteiger partial charge >= 0.3 is 6.09 Å². The molecule has 0 atom stereocenters. The van der Waals surface area contributed by atoms with Crippen molar-refractivity contribution in [2.24, 2.45) is 0 Å². The number of halogens is 2. The lowest BCUT2D eigenvalue weighted by molar-refractivity contribution is 0.0236. The monoisotopic (exact) mass is 386 g/mol. The Kier molecular flexibility index (Phi) is 6.03. The van der Waals surface area contributed by atoms with Crippen molar-refractivity contribution in [2.45, 2.75) is 51.8 Å². The third-order valence-corrected chi connectivity index (χ3v) is 4.10. The molecule has 1 aliphatic carbocycles. The Labute approximate surface area is 145 Å². The summed E-state index contributed by atoms with van der Waals surface area (Å²) in [7, 11) is 0. The van der Waals surface area contributed by atoms with Crippen molar-refractivity contribution in [3.63, 3.8) is 0 Å². The van der Waals surface area contributed by atoms with Gasteiger partial charge < -0.3 is 15.0 Å². The van der Waals surface area contributed by atoms with Gasteiger partial charge in [-0.2, -0.15) is 0 Å². The van der Waals surface area contributed by atoms with Gasteiger partial charge in [0.1, 0.15) is 11.4 Å². The smallest absolute Gasteiger partial charge is 0.410 e. The molecular formula is C17H24BrFN2O2. The van der Waals surface area contributed by atoms with E-state index in [1.54, 1.807) is 11.0 Å². The number of carbonyl (C=O) groups excluding carboxylic acids is 1. The molecule has 1 saturated carbocycles. The van der Waals surface area contributed by atoms with Crippen LogP contribution in [0.4, 0.5) is 9.18 Å². The van der Waals surface area contributed by atoms with Gasteiger partial charge in [-0.05, 0) is 67.2 Å². The molecule has 23 heavy (non-hydrogen) atoms. The van der Waals surface area contributed by atoms with E-state index in [0.29, 0.717) is 30.1 Å². The van der Waals surface area contributed by atoms with Gasteiger partial charge in [-0.3, -0.25) is 0 Å². The lowest BCUT2D eigenvalue weighted by Crippen LogP contribution is -2.41. The summed E-state index contributed by atoms with van der Waals surface area (Å²) in [6.45, 7) is 7.42. The van der Waals surface area contributed by atoms with Gasteiger partial charge in [0.15, 0.2) is 0 Å². The summed E-state index contributed by atoms with van der Waals surface area (Å²) in [6.07, 6.45) is 1.82. The van der Waals surface area contributed by atoms with E-state index in [-0.39, 0.29) is 11.9 Å². The Morgan fingerprint density at radius 3 is 2.70 bits per heavy atom. The molecule has 1 N–H and O–H groups in total. The fourth-order valence-corrected chi connectivity index (χ4v) is 2.46. The second-order valence-corrected chi connectivity index (χ2v) is 7.68. The van der Waals surface area contributed by atoms with E-state index in [1.165, 1.54) is 6.07 Å². The minimum absolute atomic E-state index is 0.253. The maximum absolute atomic E-state index is 13.5. The minimum Gasteiger partial charge on any atom is -0.444 e. The molecule has 1 aliphatic rings. The highest BCUT2D eigenvalue weighted by atomic mass is 79.9. The Bertz CT molecular complexity index is 556. The molecule has 4 nitrogen and oxygen atoms in total. The van der Waals surface area contributed by atoms with Crippen LogP contribution in [0.15, 0.2) is 22.7 Å². The van der Waals surface area contributed by atoms with Crippen molar-refractivity contribution in [3.05, 3.63) is 34.1 Å². The molecule has 2 rings (SSSR count). The van der Waals surface area contributed by atoms with Crippen LogP contribution in [0.25, 0.3) is 0 Å². The summed E-state index contributed by atoms with van der Waals surface area (Å²) < 4.78 is 19.4. The number of rotatable bonds is 6. The molecule has 0 radical (unpaired) electrons. The second-order valence-electron chi connectivity index (χ2n) is 6.83. The number of amides is 1. The Hall–Kier alpha value is -1.14. The fraction of sp³-hybridized carbons (Fsp3) is 0.588. The van der Waals surface area contributed by atoms with Gasteiger partial charge in [-0.25, -0.2) is 9.18 Å². The third kappa shape index (κ3) is 6.11. The zero-order chi connectivity index (χ0) is 17.0. The SMILES string of the molecule is CC(C)(C)OC(=O)N(CCNCc1ccc(Br)c(F)c1)C1CC1.